The van der Waals surface area contributed by atoms with Gasteiger partial charge in [0.15, 0.2) is 0 Å². The summed E-state index contributed by atoms with van der Waals surface area (Å²) in [5.41, 5.74) is 6.81. The third-order valence-corrected chi connectivity index (χ3v) is 5.38. The fourth-order valence-corrected chi connectivity index (χ4v) is 3.41. The fourth-order valence-electron chi connectivity index (χ4n) is 2.17. The van der Waals surface area contributed by atoms with Gasteiger partial charge in [-0.25, -0.2) is 12.7 Å². The zero-order valence-electron chi connectivity index (χ0n) is 11.6. The Balaban J connectivity index is 2.33. The quantitative estimate of drug-likeness (QED) is 0.837. The molecule has 1 amide bonds. The normalized spacial score (nSPS) is 18.2. The van der Waals surface area contributed by atoms with Gasteiger partial charge in [0.1, 0.15) is 0 Å². The van der Waals surface area contributed by atoms with Crippen molar-refractivity contribution in [2.45, 2.75) is 24.2 Å². The molecule has 6 nitrogen and oxygen atoms in total. The number of sulfonamides is 1. The van der Waals surface area contributed by atoms with Gasteiger partial charge in [-0.2, -0.15) is 0 Å². The number of fused-ring (bicyclic) bond motifs is 1. The van der Waals surface area contributed by atoms with Crippen LogP contribution in [0.1, 0.15) is 24.8 Å². The Morgan fingerprint density at radius 2 is 2.10 bits per heavy atom. The summed E-state index contributed by atoms with van der Waals surface area (Å²) in [6.45, 7) is 2.58. The summed E-state index contributed by atoms with van der Waals surface area (Å²) >= 11 is 0. The summed E-state index contributed by atoms with van der Waals surface area (Å²) in [6.07, 6.45) is 0.608. The largest absolute Gasteiger partial charge is 0.330 e. The lowest BCUT2D eigenvalue weighted by molar-refractivity contribution is -0.116. The average molecular weight is 297 g/mol. The first-order chi connectivity index (χ1) is 9.37. The molecule has 0 bridgehead atoms. The Morgan fingerprint density at radius 3 is 2.75 bits per heavy atom. The first kappa shape index (κ1) is 15.0. The first-order valence-corrected chi connectivity index (χ1v) is 7.93. The molecule has 2 rings (SSSR count). The number of carbonyl (C=O) groups is 1. The lowest BCUT2D eigenvalue weighted by atomic mass is 10.0. The zero-order chi connectivity index (χ0) is 14.9. The number of anilines is 1. The van der Waals surface area contributed by atoms with E-state index in [1.165, 1.54) is 17.4 Å². The smallest absolute Gasteiger partial charge is 0.242 e. The molecule has 1 aliphatic heterocycles. The molecule has 3 N–H and O–H groups in total. The highest BCUT2D eigenvalue weighted by Crippen LogP contribution is 2.34. The van der Waals surface area contributed by atoms with E-state index in [4.69, 9.17) is 5.73 Å². The van der Waals surface area contributed by atoms with E-state index in [2.05, 4.69) is 5.32 Å². The topological polar surface area (TPSA) is 92.5 Å². The Labute approximate surface area is 119 Å². The minimum Gasteiger partial charge on any atom is -0.330 e. The molecule has 0 saturated carbocycles. The molecule has 1 unspecified atom stereocenters. The number of nitrogens with one attached hydrogen (secondary N) is 1. The molecule has 0 saturated heterocycles. The number of amides is 1. The highest BCUT2D eigenvalue weighted by atomic mass is 32.2. The fraction of sp³-hybridized carbons (Fsp3) is 0.462. The van der Waals surface area contributed by atoms with Gasteiger partial charge in [0.25, 0.3) is 0 Å². The van der Waals surface area contributed by atoms with Gasteiger partial charge in [-0.15, -0.1) is 0 Å². The van der Waals surface area contributed by atoms with Crippen molar-refractivity contribution in [2.75, 3.05) is 25.5 Å². The molecule has 1 aromatic rings. The molecule has 0 aliphatic carbocycles. The van der Waals surface area contributed by atoms with Gasteiger partial charge < -0.3 is 11.1 Å². The standard InChI is InChI=1S/C13H19N3O3S/c1-9-11-8-10(4-5-12(11)15-13(9)17)20(18,19)16(2)7-3-6-14/h4-5,8-9H,3,6-7,14H2,1-2H3,(H,15,17). The number of rotatable bonds is 5. The summed E-state index contributed by atoms with van der Waals surface area (Å²) < 4.78 is 26.1. The van der Waals surface area contributed by atoms with Gasteiger partial charge in [0, 0.05) is 19.3 Å². The molecule has 20 heavy (non-hydrogen) atoms. The molecule has 0 aromatic heterocycles. The molecule has 1 atom stereocenters. The predicted octanol–water partition coefficient (Wildman–Crippen LogP) is 0.712. The highest BCUT2D eigenvalue weighted by molar-refractivity contribution is 7.89. The van der Waals surface area contributed by atoms with Crippen LogP contribution in [-0.2, 0) is 14.8 Å². The lowest BCUT2D eigenvalue weighted by Gasteiger charge is -2.17. The van der Waals surface area contributed by atoms with Gasteiger partial charge >= 0.3 is 0 Å². The van der Waals surface area contributed by atoms with Crippen LogP contribution in [0.5, 0.6) is 0 Å². The first-order valence-electron chi connectivity index (χ1n) is 6.49. The van der Waals surface area contributed by atoms with Crippen molar-refractivity contribution >= 4 is 21.6 Å². The maximum absolute atomic E-state index is 12.4. The second-order valence-corrected chi connectivity index (χ2v) is 6.97. The molecule has 0 fully saturated rings. The van der Waals surface area contributed by atoms with Crippen molar-refractivity contribution in [3.63, 3.8) is 0 Å². The lowest BCUT2D eigenvalue weighted by Crippen LogP contribution is -2.29. The average Bonchev–Trinajstić information content (AvgIpc) is 2.71. The summed E-state index contributed by atoms with van der Waals surface area (Å²) in [5.74, 6) is -0.430. The Bertz CT molecular complexity index is 628. The molecule has 110 valence electrons. The van der Waals surface area contributed by atoms with Crippen molar-refractivity contribution in [3.8, 4) is 0 Å². The van der Waals surface area contributed by atoms with E-state index < -0.39 is 10.0 Å². The maximum Gasteiger partial charge on any atom is 0.242 e. The van der Waals surface area contributed by atoms with Gasteiger partial charge in [-0.05, 0) is 43.7 Å². The van der Waals surface area contributed by atoms with E-state index in [0.29, 0.717) is 25.2 Å². The summed E-state index contributed by atoms with van der Waals surface area (Å²) in [5, 5.41) is 2.73. The van der Waals surface area contributed by atoms with E-state index >= 15 is 0 Å². The summed E-state index contributed by atoms with van der Waals surface area (Å²) in [4.78, 5) is 11.8. The third kappa shape index (κ3) is 2.56. The highest BCUT2D eigenvalue weighted by Gasteiger charge is 2.29. The van der Waals surface area contributed by atoms with Crippen LogP contribution in [0.3, 0.4) is 0 Å². The van der Waals surface area contributed by atoms with Gasteiger partial charge in [-0.1, -0.05) is 0 Å². The minimum absolute atomic E-state index is 0.106. The van der Waals surface area contributed by atoms with Crippen molar-refractivity contribution < 1.29 is 13.2 Å². The SMILES string of the molecule is CC1C(=O)Nc2ccc(S(=O)(=O)N(C)CCCN)cc21. The van der Waals surface area contributed by atoms with Crippen LogP contribution in [0.15, 0.2) is 23.1 Å². The van der Waals surface area contributed by atoms with E-state index in [9.17, 15) is 13.2 Å². The molecule has 0 radical (unpaired) electrons. The Hall–Kier alpha value is -1.44. The van der Waals surface area contributed by atoms with E-state index in [-0.39, 0.29) is 16.7 Å². The van der Waals surface area contributed by atoms with Crippen LogP contribution in [0.2, 0.25) is 0 Å². The minimum atomic E-state index is -3.54. The monoisotopic (exact) mass is 297 g/mol. The second-order valence-electron chi connectivity index (χ2n) is 4.93. The van der Waals surface area contributed by atoms with Crippen LogP contribution in [0, 0.1) is 0 Å². The molecule has 1 aliphatic rings. The van der Waals surface area contributed by atoms with Crippen molar-refractivity contribution in [1.82, 2.24) is 4.31 Å². The number of benzene rings is 1. The zero-order valence-corrected chi connectivity index (χ0v) is 12.4. The van der Waals surface area contributed by atoms with Crippen LogP contribution < -0.4 is 11.1 Å². The number of nitrogens with zero attached hydrogens (tertiary/aromatic N) is 1. The number of nitrogens with two attached hydrogens (primary N) is 1. The van der Waals surface area contributed by atoms with Gasteiger partial charge in [0.2, 0.25) is 15.9 Å². The van der Waals surface area contributed by atoms with E-state index in [1.54, 1.807) is 19.1 Å². The number of hydrogen-bond donors (Lipinski definition) is 2. The molecule has 7 heteroatoms. The van der Waals surface area contributed by atoms with Crippen molar-refractivity contribution in [2.24, 2.45) is 5.73 Å². The van der Waals surface area contributed by atoms with Crippen molar-refractivity contribution in [1.29, 1.82) is 0 Å². The summed E-state index contributed by atoms with van der Waals surface area (Å²) in [6, 6.07) is 4.73. The van der Waals surface area contributed by atoms with E-state index in [1.807, 2.05) is 0 Å². The van der Waals surface area contributed by atoms with Crippen LogP contribution >= 0.6 is 0 Å². The Kier molecular flexibility index (Phi) is 4.12. The number of carbonyl (C=O) groups excluding carboxylic acids is 1. The summed E-state index contributed by atoms with van der Waals surface area (Å²) in [7, 11) is -2.00. The molecular weight excluding hydrogens is 278 g/mol. The molecular formula is C13H19N3O3S. The molecule has 1 heterocycles. The van der Waals surface area contributed by atoms with Crippen LogP contribution in [-0.4, -0.2) is 38.8 Å². The maximum atomic E-state index is 12.4. The Morgan fingerprint density at radius 1 is 1.40 bits per heavy atom. The van der Waals surface area contributed by atoms with Gasteiger partial charge in [-0.3, -0.25) is 4.79 Å². The predicted molar refractivity (Wildman–Crippen MR) is 77.0 cm³/mol. The van der Waals surface area contributed by atoms with Crippen molar-refractivity contribution in [3.05, 3.63) is 23.8 Å². The second kappa shape index (κ2) is 5.51. The van der Waals surface area contributed by atoms with Gasteiger partial charge in [0.05, 0.1) is 10.8 Å². The van der Waals surface area contributed by atoms with Crippen LogP contribution in [0.25, 0.3) is 0 Å². The molecule has 1 aromatic carbocycles. The van der Waals surface area contributed by atoms with Crippen LogP contribution in [0.4, 0.5) is 5.69 Å². The number of hydrogen-bond acceptors (Lipinski definition) is 4. The van der Waals surface area contributed by atoms with E-state index in [0.717, 1.165) is 5.56 Å². The third-order valence-electron chi connectivity index (χ3n) is 3.53. The molecule has 0 spiro atoms.